The van der Waals surface area contributed by atoms with Gasteiger partial charge in [0.1, 0.15) is 5.75 Å². The summed E-state index contributed by atoms with van der Waals surface area (Å²) in [5.74, 6) is 1.10. The molecule has 2 rings (SSSR count). The lowest BCUT2D eigenvalue weighted by Gasteiger charge is -2.14. The van der Waals surface area contributed by atoms with Gasteiger partial charge in [-0.25, -0.2) is 0 Å². The minimum atomic E-state index is 0.748. The van der Waals surface area contributed by atoms with Crippen molar-refractivity contribution in [3.63, 3.8) is 0 Å². The largest absolute Gasteiger partial charge is 0.493 e. The third-order valence-electron chi connectivity index (χ3n) is 3.70. The van der Waals surface area contributed by atoms with Crippen LogP contribution in [0.15, 0.2) is 18.2 Å². The lowest BCUT2D eigenvalue weighted by atomic mass is 10.1. The SMILES string of the molecule is CCCCCCOc1c(C)cccc1CNC1CC1. The summed E-state index contributed by atoms with van der Waals surface area (Å²) in [5, 5.41) is 3.57. The molecule has 0 amide bonds. The number of hydrogen-bond donors (Lipinski definition) is 1. The van der Waals surface area contributed by atoms with Crippen LogP contribution in [0.5, 0.6) is 5.75 Å². The summed E-state index contributed by atoms with van der Waals surface area (Å²) in [6.07, 6.45) is 7.70. The maximum atomic E-state index is 6.03. The minimum Gasteiger partial charge on any atom is -0.493 e. The summed E-state index contributed by atoms with van der Waals surface area (Å²) in [7, 11) is 0. The van der Waals surface area contributed by atoms with E-state index in [4.69, 9.17) is 4.74 Å². The van der Waals surface area contributed by atoms with Gasteiger partial charge in [-0.3, -0.25) is 0 Å². The van der Waals surface area contributed by atoms with E-state index in [-0.39, 0.29) is 0 Å². The maximum Gasteiger partial charge on any atom is 0.126 e. The van der Waals surface area contributed by atoms with Crippen LogP contribution in [0, 0.1) is 6.92 Å². The number of para-hydroxylation sites is 1. The molecule has 0 atom stereocenters. The standard InChI is InChI=1S/C17H27NO/c1-3-4-5-6-12-19-17-14(2)8-7-9-15(17)13-18-16-10-11-16/h7-9,16,18H,3-6,10-13H2,1-2H3. The Labute approximate surface area is 117 Å². The van der Waals surface area contributed by atoms with Crippen LogP contribution >= 0.6 is 0 Å². The van der Waals surface area contributed by atoms with E-state index >= 15 is 0 Å². The van der Waals surface area contributed by atoms with Crippen LogP contribution in [0.1, 0.15) is 56.6 Å². The fraction of sp³-hybridized carbons (Fsp3) is 0.647. The molecular formula is C17H27NO. The molecule has 1 saturated carbocycles. The number of unbranched alkanes of at least 4 members (excludes halogenated alkanes) is 3. The number of rotatable bonds is 9. The van der Waals surface area contributed by atoms with Gasteiger partial charge < -0.3 is 10.1 Å². The van der Waals surface area contributed by atoms with Crippen LogP contribution in [0.3, 0.4) is 0 Å². The summed E-state index contributed by atoms with van der Waals surface area (Å²) >= 11 is 0. The van der Waals surface area contributed by atoms with Crippen molar-refractivity contribution in [1.29, 1.82) is 0 Å². The van der Waals surface area contributed by atoms with E-state index in [9.17, 15) is 0 Å². The van der Waals surface area contributed by atoms with Crippen LogP contribution in [-0.2, 0) is 6.54 Å². The highest BCUT2D eigenvalue weighted by Gasteiger charge is 2.20. The highest BCUT2D eigenvalue weighted by Crippen LogP contribution is 2.26. The zero-order valence-electron chi connectivity index (χ0n) is 12.4. The Kier molecular flexibility index (Phi) is 5.71. The van der Waals surface area contributed by atoms with Crippen molar-refractivity contribution in [1.82, 2.24) is 5.32 Å². The zero-order valence-corrected chi connectivity index (χ0v) is 12.4. The second-order valence-electron chi connectivity index (χ2n) is 5.63. The predicted octanol–water partition coefficient (Wildman–Crippen LogP) is 4.21. The van der Waals surface area contributed by atoms with E-state index in [1.807, 2.05) is 0 Å². The molecule has 1 fully saturated rings. The topological polar surface area (TPSA) is 21.3 Å². The second-order valence-corrected chi connectivity index (χ2v) is 5.63. The Morgan fingerprint density at radius 2 is 2.05 bits per heavy atom. The molecule has 0 saturated heterocycles. The Bertz CT molecular complexity index is 385. The van der Waals surface area contributed by atoms with Gasteiger partial charge >= 0.3 is 0 Å². The van der Waals surface area contributed by atoms with Crippen molar-refractivity contribution < 1.29 is 4.74 Å². The Morgan fingerprint density at radius 3 is 2.79 bits per heavy atom. The number of nitrogens with one attached hydrogen (secondary N) is 1. The van der Waals surface area contributed by atoms with Crippen molar-refractivity contribution in [3.05, 3.63) is 29.3 Å². The molecule has 1 aromatic carbocycles. The first-order valence-electron chi connectivity index (χ1n) is 7.76. The molecule has 1 N–H and O–H groups in total. The number of aryl methyl sites for hydroxylation is 1. The smallest absolute Gasteiger partial charge is 0.126 e. The minimum absolute atomic E-state index is 0.748. The molecule has 19 heavy (non-hydrogen) atoms. The number of ether oxygens (including phenoxy) is 1. The van der Waals surface area contributed by atoms with Gasteiger partial charge in [0.05, 0.1) is 6.61 Å². The van der Waals surface area contributed by atoms with Crippen molar-refractivity contribution in [2.75, 3.05) is 6.61 Å². The molecule has 0 aromatic heterocycles. The molecule has 0 spiro atoms. The predicted molar refractivity (Wildman–Crippen MR) is 80.7 cm³/mol. The van der Waals surface area contributed by atoms with E-state index in [1.54, 1.807) is 0 Å². The average Bonchev–Trinajstić information content (AvgIpc) is 3.22. The summed E-state index contributed by atoms with van der Waals surface area (Å²) in [5.41, 5.74) is 2.56. The average molecular weight is 261 g/mol. The molecule has 0 radical (unpaired) electrons. The normalized spacial score (nSPS) is 14.6. The summed E-state index contributed by atoms with van der Waals surface area (Å²) in [6, 6.07) is 7.20. The summed E-state index contributed by atoms with van der Waals surface area (Å²) in [4.78, 5) is 0. The lowest BCUT2D eigenvalue weighted by molar-refractivity contribution is 0.299. The van der Waals surface area contributed by atoms with Crippen molar-refractivity contribution in [2.24, 2.45) is 0 Å². The van der Waals surface area contributed by atoms with Crippen LogP contribution < -0.4 is 10.1 Å². The fourth-order valence-electron chi connectivity index (χ4n) is 2.30. The van der Waals surface area contributed by atoms with Crippen molar-refractivity contribution in [2.45, 2.75) is 65.0 Å². The molecule has 1 aromatic rings. The molecule has 2 nitrogen and oxygen atoms in total. The Morgan fingerprint density at radius 1 is 1.21 bits per heavy atom. The molecule has 1 aliphatic carbocycles. The molecule has 106 valence electrons. The number of benzene rings is 1. The molecule has 0 unspecified atom stereocenters. The first-order chi connectivity index (χ1) is 9.31. The molecular weight excluding hydrogens is 234 g/mol. The van der Waals surface area contributed by atoms with Gasteiger partial charge in [-0.1, -0.05) is 44.4 Å². The molecule has 0 bridgehead atoms. The van der Waals surface area contributed by atoms with Crippen LogP contribution in [0.4, 0.5) is 0 Å². The first-order valence-corrected chi connectivity index (χ1v) is 7.76. The highest BCUT2D eigenvalue weighted by atomic mass is 16.5. The Hall–Kier alpha value is -1.02. The van der Waals surface area contributed by atoms with E-state index < -0.39 is 0 Å². The van der Waals surface area contributed by atoms with E-state index in [0.29, 0.717) is 0 Å². The van der Waals surface area contributed by atoms with Crippen LogP contribution in [0.2, 0.25) is 0 Å². The first kappa shape index (κ1) is 14.4. The molecule has 0 heterocycles. The van der Waals surface area contributed by atoms with E-state index in [2.05, 4.69) is 37.4 Å². The lowest BCUT2D eigenvalue weighted by Crippen LogP contribution is -2.16. The van der Waals surface area contributed by atoms with Crippen LogP contribution in [-0.4, -0.2) is 12.6 Å². The summed E-state index contributed by atoms with van der Waals surface area (Å²) < 4.78 is 6.03. The van der Waals surface area contributed by atoms with Crippen molar-refractivity contribution in [3.8, 4) is 5.75 Å². The monoisotopic (exact) mass is 261 g/mol. The molecule has 1 aliphatic rings. The van der Waals surface area contributed by atoms with Crippen LogP contribution in [0.25, 0.3) is 0 Å². The van der Waals surface area contributed by atoms with Gasteiger partial charge in [0.2, 0.25) is 0 Å². The zero-order chi connectivity index (χ0) is 13.5. The molecule has 0 aliphatic heterocycles. The number of hydrogen-bond acceptors (Lipinski definition) is 2. The van der Waals surface area contributed by atoms with Gasteiger partial charge in [0.15, 0.2) is 0 Å². The van der Waals surface area contributed by atoms with Gasteiger partial charge in [-0.05, 0) is 31.7 Å². The highest BCUT2D eigenvalue weighted by molar-refractivity contribution is 5.40. The fourth-order valence-corrected chi connectivity index (χ4v) is 2.30. The maximum absolute atomic E-state index is 6.03. The van der Waals surface area contributed by atoms with Gasteiger partial charge in [-0.2, -0.15) is 0 Å². The van der Waals surface area contributed by atoms with Gasteiger partial charge in [-0.15, -0.1) is 0 Å². The molecule has 2 heteroatoms. The summed E-state index contributed by atoms with van der Waals surface area (Å²) in [6.45, 7) is 6.17. The van der Waals surface area contributed by atoms with Gasteiger partial charge in [0, 0.05) is 18.2 Å². The van der Waals surface area contributed by atoms with Crippen molar-refractivity contribution >= 4 is 0 Å². The quantitative estimate of drug-likeness (QED) is 0.672. The Balaban J connectivity index is 1.84. The second kappa shape index (κ2) is 7.54. The third-order valence-corrected chi connectivity index (χ3v) is 3.70. The van der Waals surface area contributed by atoms with E-state index in [1.165, 1.54) is 43.2 Å². The third kappa shape index (κ3) is 4.87. The van der Waals surface area contributed by atoms with Gasteiger partial charge in [0.25, 0.3) is 0 Å². The van der Waals surface area contributed by atoms with E-state index in [0.717, 1.165) is 31.4 Å².